The third-order valence-electron chi connectivity index (χ3n) is 4.04. The largest absolute Gasteiger partial charge is 0.490 e. The highest BCUT2D eigenvalue weighted by molar-refractivity contribution is 5.91. The Morgan fingerprint density at radius 2 is 1.68 bits per heavy atom. The van der Waals surface area contributed by atoms with Gasteiger partial charge in [-0.15, -0.1) is 0 Å². The molecule has 0 heterocycles. The highest BCUT2D eigenvalue weighted by atomic mass is 16.5. The van der Waals surface area contributed by atoms with Gasteiger partial charge in [-0.1, -0.05) is 36.8 Å². The van der Waals surface area contributed by atoms with E-state index in [2.05, 4.69) is 36.4 Å². The summed E-state index contributed by atoms with van der Waals surface area (Å²) >= 11 is 0. The molecule has 0 aliphatic heterocycles. The fourth-order valence-corrected chi connectivity index (χ4v) is 2.98. The molecule has 0 aromatic heterocycles. The van der Waals surface area contributed by atoms with E-state index in [0.29, 0.717) is 12.6 Å². The van der Waals surface area contributed by atoms with Gasteiger partial charge in [0, 0.05) is 11.9 Å². The third-order valence-corrected chi connectivity index (χ3v) is 4.04. The van der Waals surface area contributed by atoms with Crippen molar-refractivity contribution in [1.82, 2.24) is 0 Å². The summed E-state index contributed by atoms with van der Waals surface area (Å²) in [6.45, 7) is 0.574. The summed E-state index contributed by atoms with van der Waals surface area (Å²) in [5.74, 6) is 1.01. The predicted octanol–water partition coefficient (Wildman–Crippen LogP) is 4.01. The molecule has 2 aromatic rings. The fraction of sp³-hybridized carbons (Fsp3) is 0.412. The topological polar surface area (TPSA) is 35.2 Å². The van der Waals surface area contributed by atoms with Gasteiger partial charge in [0.1, 0.15) is 5.75 Å². The minimum absolute atomic E-state index is 0.390. The molecule has 1 saturated carbocycles. The Morgan fingerprint density at radius 3 is 2.42 bits per heavy atom. The van der Waals surface area contributed by atoms with Gasteiger partial charge in [-0.3, -0.25) is 0 Å². The lowest BCUT2D eigenvalue weighted by Gasteiger charge is -2.24. The van der Waals surface area contributed by atoms with Crippen LogP contribution in [-0.2, 0) is 6.54 Å². The monoisotopic (exact) mass is 255 g/mol. The summed E-state index contributed by atoms with van der Waals surface area (Å²) in [7, 11) is 0. The molecule has 100 valence electrons. The average Bonchev–Trinajstić information content (AvgIpc) is 2.49. The minimum Gasteiger partial charge on any atom is -0.490 e. The SMILES string of the molecule is NCc1ccc(OC2CCCCC2)c2ccccc12. The van der Waals surface area contributed by atoms with Crippen molar-refractivity contribution in [3.05, 3.63) is 42.0 Å². The van der Waals surface area contributed by atoms with Crippen LogP contribution in [0.2, 0.25) is 0 Å². The molecule has 3 rings (SSSR count). The van der Waals surface area contributed by atoms with Crippen molar-refractivity contribution in [3.63, 3.8) is 0 Å². The van der Waals surface area contributed by atoms with E-state index in [1.165, 1.54) is 48.4 Å². The Morgan fingerprint density at radius 1 is 0.947 bits per heavy atom. The molecule has 1 fully saturated rings. The average molecular weight is 255 g/mol. The summed E-state index contributed by atoms with van der Waals surface area (Å²) in [5, 5.41) is 2.41. The van der Waals surface area contributed by atoms with Gasteiger partial charge in [0.2, 0.25) is 0 Å². The Hall–Kier alpha value is -1.54. The van der Waals surface area contributed by atoms with Crippen molar-refractivity contribution in [1.29, 1.82) is 0 Å². The van der Waals surface area contributed by atoms with Gasteiger partial charge in [-0.2, -0.15) is 0 Å². The summed E-state index contributed by atoms with van der Waals surface area (Å²) in [4.78, 5) is 0. The molecule has 1 aliphatic rings. The first-order valence-electron chi connectivity index (χ1n) is 7.26. The number of hydrogen-bond donors (Lipinski definition) is 1. The molecule has 0 saturated heterocycles. The molecule has 2 aromatic carbocycles. The number of fused-ring (bicyclic) bond motifs is 1. The lowest BCUT2D eigenvalue weighted by Crippen LogP contribution is -2.19. The van der Waals surface area contributed by atoms with Gasteiger partial charge < -0.3 is 10.5 Å². The normalized spacial score (nSPS) is 16.7. The van der Waals surface area contributed by atoms with Crippen LogP contribution in [0.5, 0.6) is 5.75 Å². The molecule has 0 atom stereocenters. The van der Waals surface area contributed by atoms with E-state index >= 15 is 0 Å². The first-order valence-corrected chi connectivity index (χ1v) is 7.26. The van der Waals surface area contributed by atoms with Gasteiger partial charge in [0.15, 0.2) is 0 Å². The first kappa shape index (κ1) is 12.5. The number of nitrogens with two attached hydrogens (primary N) is 1. The van der Waals surface area contributed by atoms with Crippen molar-refractivity contribution in [2.45, 2.75) is 44.8 Å². The third kappa shape index (κ3) is 2.59. The number of benzene rings is 2. The molecule has 2 nitrogen and oxygen atoms in total. The molecule has 0 radical (unpaired) electrons. The van der Waals surface area contributed by atoms with E-state index < -0.39 is 0 Å². The maximum absolute atomic E-state index is 6.23. The van der Waals surface area contributed by atoms with Gasteiger partial charge >= 0.3 is 0 Å². The van der Waals surface area contributed by atoms with Crippen LogP contribution in [0, 0.1) is 0 Å². The van der Waals surface area contributed by atoms with E-state index in [9.17, 15) is 0 Å². The number of hydrogen-bond acceptors (Lipinski definition) is 2. The second-order valence-electron chi connectivity index (χ2n) is 5.35. The van der Waals surface area contributed by atoms with Gasteiger partial charge in [-0.05, 0) is 42.7 Å². The van der Waals surface area contributed by atoms with Crippen molar-refractivity contribution in [2.75, 3.05) is 0 Å². The smallest absolute Gasteiger partial charge is 0.127 e. The van der Waals surface area contributed by atoms with Crippen LogP contribution in [0.15, 0.2) is 36.4 Å². The zero-order chi connectivity index (χ0) is 13.1. The zero-order valence-corrected chi connectivity index (χ0v) is 11.3. The van der Waals surface area contributed by atoms with Crippen molar-refractivity contribution in [3.8, 4) is 5.75 Å². The van der Waals surface area contributed by atoms with Gasteiger partial charge in [0.05, 0.1) is 6.10 Å². The molecule has 0 bridgehead atoms. The van der Waals surface area contributed by atoms with Crippen LogP contribution < -0.4 is 10.5 Å². The summed E-state index contributed by atoms with van der Waals surface area (Å²) in [6, 6.07) is 12.6. The maximum atomic E-state index is 6.23. The van der Waals surface area contributed by atoms with E-state index in [-0.39, 0.29) is 0 Å². The molecule has 19 heavy (non-hydrogen) atoms. The molecule has 0 unspecified atom stereocenters. The van der Waals surface area contributed by atoms with E-state index in [0.717, 1.165) is 5.75 Å². The standard InChI is InChI=1S/C17H21NO/c18-12-13-10-11-17(16-9-5-4-8-15(13)16)19-14-6-2-1-3-7-14/h4-5,8-11,14H,1-3,6-7,12,18H2. The van der Waals surface area contributed by atoms with E-state index in [1.807, 2.05) is 0 Å². The Bertz CT molecular complexity index is 558. The fourth-order valence-electron chi connectivity index (χ4n) is 2.98. The molecule has 0 spiro atoms. The lowest BCUT2D eigenvalue weighted by atomic mass is 9.97. The van der Waals surface area contributed by atoms with Crippen LogP contribution >= 0.6 is 0 Å². The maximum Gasteiger partial charge on any atom is 0.127 e. The van der Waals surface area contributed by atoms with E-state index in [4.69, 9.17) is 10.5 Å². The number of rotatable bonds is 3. The van der Waals surface area contributed by atoms with Crippen LogP contribution in [-0.4, -0.2) is 6.10 Å². The lowest BCUT2D eigenvalue weighted by molar-refractivity contribution is 0.157. The molecule has 0 amide bonds. The Labute approximate surface area is 114 Å². The van der Waals surface area contributed by atoms with Gasteiger partial charge in [-0.25, -0.2) is 0 Å². The van der Waals surface area contributed by atoms with Gasteiger partial charge in [0.25, 0.3) is 0 Å². The van der Waals surface area contributed by atoms with Crippen molar-refractivity contribution in [2.24, 2.45) is 5.73 Å². The first-order chi connectivity index (χ1) is 9.38. The Kier molecular flexibility index (Phi) is 3.69. The van der Waals surface area contributed by atoms with E-state index in [1.54, 1.807) is 0 Å². The quantitative estimate of drug-likeness (QED) is 0.899. The van der Waals surface area contributed by atoms with Crippen molar-refractivity contribution >= 4 is 10.8 Å². The minimum atomic E-state index is 0.390. The van der Waals surface area contributed by atoms with Crippen LogP contribution in [0.3, 0.4) is 0 Å². The Balaban J connectivity index is 1.94. The van der Waals surface area contributed by atoms with Crippen molar-refractivity contribution < 1.29 is 4.74 Å². The molecule has 2 N–H and O–H groups in total. The number of ether oxygens (including phenoxy) is 1. The van der Waals surface area contributed by atoms with Crippen LogP contribution in [0.1, 0.15) is 37.7 Å². The molecule has 2 heteroatoms. The molecule has 1 aliphatic carbocycles. The molecular formula is C17H21NO. The summed E-state index contributed by atoms with van der Waals surface area (Å²) < 4.78 is 6.23. The summed E-state index contributed by atoms with van der Waals surface area (Å²) in [5.41, 5.74) is 7.00. The second kappa shape index (κ2) is 5.62. The highest BCUT2D eigenvalue weighted by Crippen LogP contribution is 2.31. The summed E-state index contributed by atoms with van der Waals surface area (Å²) in [6.07, 6.45) is 6.71. The predicted molar refractivity (Wildman–Crippen MR) is 79.3 cm³/mol. The molecular weight excluding hydrogens is 234 g/mol. The second-order valence-corrected chi connectivity index (χ2v) is 5.35. The highest BCUT2D eigenvalue weighted by Gasteiger charge is 2.16. The van der Waals surface area contributed by atoms with Crippen LogP contribution in [0.4, 0.5) is 0 Å². The zero-order valence-electron chi connectivity index (χ0n) is 11.3. The van der Waals surface area contributed by atoms with Crippen LogP contribution in [0.25, 0.3) is 10.8 Å².